The Morgan fingerprint density at radius 2 is 1.70 bits per heavy atom. The summed E-state index contributed by atoms with van der Waals surface area (Å²) in [5, 5.41) is 0.761. The standard InChI is InChI=1S/C25H33N3O4S/c1-22(2)23(3)7-8-25(22,32-21(23)31)20(30)28-15-11-24(16-28)9-13-27(14-10-24)19(29)17-6-5-12-26-18(17)33-4/h5-6,12H,7-11,13-16H2,1-4H3. The van der Waals surface area contributed by atoms with Gasteiger partial charge in [-0.1, -0.05) is 13.8 Å². The molecule has 4 aliphatic rings. The molecule has 0 aromatic carbocycles. The number of rotatable bonds is 3. The molecule has 4 heterocycles. The van der Waals surface area contributed by atoms with E-state index >= 15 is 0 Å². The third-order valence-corrected chi connectivity index (χ3v) is 10.2. The van der Waals surface area contributed by atoms with Crippen molar-refractivity contribution in [2.24, 2.45) is 16.2 Å². The van der Waals surface area contributed by atoms with Crippen LogP contribution in [0.15, 0.2) is 23.4 Å². The number of hydrogen-bond acceptors (Lipinski definition) is 6. The number of hydrogen-bond donors (Lipinski definition) is 0. The monoisotopic (exact) mass is 471 g/mol. The van der Waals surface area contributed by atoms with Crippen molar-refractivity contribution in [3.05, 3.63) is 23.9 Å². The minimum absolute atomic E-state index is 0.0163. The maximum atomic E-state index is 13.8. The Morgan fingerprint density at radius 1 is 1.03 bits per heavy atom. The van der Waals surface area contributed by atoms with Crippen molar-refractivity contribution in [1.82, 2.24) is 14.8 Å². The van der Waals surface area contributed by atoms with Crippen LogP contribution in [0.1, 0.15) is 63.2 Å². The molecule has 1 aromatic heterocycles. The van der Waals surface area contributed by atoms with Crippen molar-refractivity contribution in [1.29, 1.82) is 0 Å². The van der Waals surface area contributed by atoms with Gasteiger partial charge in [0.15, 0.2) is 5.60 Å². The molecule has 1 aliphatic carbocycles. The van der Waals surface area contributed by atoms with E-state index in [0.29, 0.717) is 44.6 Å². The fraction of sp³-hybridized carbons (Fsp3) is 0.680. The van der Waals surface area contributed by atoms with Gasteiger partial charge in [0, 0.05) is 37.8 Å². The lowest BCUT2D eigenvalue weighted by molar-refractivity contribution is -0.173. The number of nitrogens with zero attached hydrogens (tertiary/aromatic N) is 3. The van der Waals surface area contributed by atoms with E-state index < -0.39 is 16.4 Å². The second-order valence-electron chi connectivity index (χ2n) is 11.0. The van der Waals surface area contributed by atoms with Gasteiger partial charge in [0.25, 0.3) is 11.8 Å². The lowest BCUT2D eigenvalue weighted by atomic mass is 9.66. The summed E-state index contributed by atoms with van der Waals surface area (Å²) in [6.45, 7) is 8.72. The fourth-order valence-corrected chi connectivity index (χ4v) is 7.11. The van der Waals surface area contributed by atoms with Crippen molar-refractivity contribution >= 4 is 29.5 Å². The average Bonchev–Trinajstić information content (AvgIpc) is 3.36. The molecule has 0 N–H and O–H groups in total. The first-order valence-corrected chi connectivity index (χ1v) is 13.1. The van der Waals surface area contributed by atoms with Gasteiger partial charge in [-0.2, -0.15) is 0 Å². The molecule has 2 unspecified atom stereocenters. The molecule has 178 valence electrons. The highest BCUT2D eigenvalue weighted by Gasteiger charge is 2.76. The Kier molecular flexibility index (Phi) is 5.13. The number of pyridine rings is 1. The highest BCUT2D eigenvalue weighted by atomic mass is 32.2. The van der Waals surface area contributed by atoms with Gasteiger partial charge < -0.3 is 14.5 Å². The zero-order valence-electron chi connectivity index (χ0n) is 20.0. The van der Waals surface area contributed by atoms with Gasteiger partial charge in [-0.25, -0.2) is 4.98 Å². The summed E-state index contributed by atoms with van der Waals surface area (Å²) in [6.07, 6.45) is 7.65. The Bertz CT molecular complexity index is 1020. The van der Waals surface area contributed by atoms with Crippen LogP contribution in [0, 0.1) is 16.2 Å². The number of aromatic nitrogens is 1. The molecule has 2 atom stereocenters. The first-order valence-electron chi connectivity index (χ1n) is 11.9. The van der Waals surface area contributed by atoms with E-state index in [-0.39, 0.29) is 23.2 Å². The highest BCUT2D eigenvalue weighted by Crippen LogP contribution is 2.66. The van der Waals surface area contributed by atoms with Crippen LogP contribution in [0.25, 0.3) is 0 Å². The molecule has 5 rings (SSSR count). The average molecular weight is 472 g/mol. The molecule has 1 saturated carbocycles. The normalized spacial score (nSPS) is 31.8. The minimum atomic E-state index is -1.03. The van der Waals surface area contributed by atoms with Crippen LogP contribution in [0.2, 0.25) is 0 Å². The molecule has 2 bridgehead atoms. The molecule has 33 heavy (non-hydrogen) atoms. The summed E-state index contributed by atoms with van der Waals surface area (Å²) in [5.74, 6) is -0.206. The Morgan fingerprint density at radius 3 is 2.27 bits per heavy atom. The number of carbonyl (C=O) groups is 3. The molecule has 1 spiro atoms. The molecule has 4 fully saturated rings. The second kappa shape index (κ2) is 7.45. The zero-order valence-corrected chi connectivity index (χ0v) is 20.8. The number of piperidine rings is 1. The molecule has 2 amide bonds. The third kappa shape index (κ3) is 3.01. The minimum Gasteiger partial charge on any atom is -0.448 e. The second-order valence-corrected chi connectivity index (χ2v) is 11.8. The molecule has 8 heteroatoms. The van der Waals surface area contributed by atoms with Crippen LogP contribution in [0.4, 0.5) is 0 Å². The Hall–Kier alpha value is -2.09. The highest BCUT2D eigenvalue weighted by molar-refractivity contribution is 7.98. The van der Waals surface area contributed by atoms with E-state index in [2.05, 4.69) is 4.98 Å². The molecule has 3 saturated heterocycles. The van der Waals surface area contributed by atoms with Crippen LogP contribution in [-0.4, -0.2) is 70.6 Å². The van der Waals surface area contributed by atoms with Gasteiger partial charge in [0.1, 0.15) is 5.03 Å². The number of amides is 2. The molecule has 3 aliphatic heterocycles. The van der Waals surface area contributed by atoms with Crippen LogP contribution in [-0.2, 0) is 14.3 Å². The summed E-state index contributed by atoms with van der Waals surface area (Å²) >= 11 is 1.49. The van der Waals surface area contributed by atoms with E-state index in [1.807, 2.05) is 49.0 Å². The van der Waals surface area contributed by atoms with Crippen molar-refractivity contribution in [2.45, 2.75) is 63.5 Å². The quantitative estimate of drug-likeness (QED) is 0.497. The largest absolute Gasteiger partial charge is 0.448 e. The lowest BCUT2D eigenvalue weighted by Gasteiger charge is -2.41. The number of ether oxygens (including phenoxy) is 1. The smallest absolute Gasteiger partial charge is 0.313 e. The Labute approximate surface area is 199 Å². The lowest BCUT2D eigenvalue weighted by Crippen LogP contribution is -2.55. The first-order chi connectivity index (χ1) is 15.6. The van der Waals surface area contributed by atoms with Gasteiger partial charge >= 0.3 is 5.97 Å². The van der Waals surface area contributed by atoms with Crippen LogP contribution < -0.4 is 0 Å². The SMILES string of the molecule is CSc1ncccc1C(=O)N1CCC2(CC1)CCN(C(=O)C13CCC(C)(C(=O)O1)C3(C)C)C2. The molecule has 1 aromatic rings. The number of thioether (sulfide) groups is 1. The van der Waals surface area contributed by atoms with Crippen LogP contribution >= 0.6 is 11.8 Å². The summed E-state index contributed by atoms with van der Waals surface area (Å²) in [5.41, 5.74) is -1.44. The van der Waals surface area contributed by atoms with Gasteiger partial charge in [-0.05, 0) is 62.8 Å². The topological polar surface area (TPSA) is 79.8 Å². The van der Waals surface area contributed by atoms with Crippen molar-refractivity contribution in [3.8, 4) is 0 Å². The third-order valence-electron chi connectivity index (χ3n) is 9.46. The van der Waals surface area contributed by atoms with Crippen molar-refractivity contribution < 1.29 is 19.1 Å². The predicted octanol–water partition coefficient (Wildman–Crippen LogP) is 3.38. The van der Waals surface area contributed by atoms with E-state index in [0.717, 1.165) is 24.3 Å². The van der Waals surface area contributed by atoms with Gasteiger partial charge in [0.2, 0.25) is 0 Å². The number of fused-ring (bicyclic) bond motifs is 2. The molecule has 0 radical (unpaired) electrons. The number of likely N-dealkylation sites (tertiary alicyclic amines) is 2. The van der Waals surface area contributed by atoms with Crippen LogP contribution in [0.5, 0.6) is 0 Å². The fourth-order valence-electron chi connectivity index (χ4n) is 6.56. The van der Waals surface area contributed by atoms with Gasteiger partial charge in [-0.15, -0.1) is 11.8 Å². The van der Waals surface area contributed by atoms with E-state index in [9.17, 15) is 14.4 Å². The van der Waals surface area contributed by atoms with E-state index in [4.69, 9.17) is 4.74 Å². The molecular weight excluding hydrogens is 438 g/mol. The maximum absolute atomic E-state index is 13.8. The zero-order chi connectivity index (χ0) is 23.6. The predicted molar refractivity (Wildman–Crippen MR) is 125 cm³/mol. The summed E-state index contributed by atoms with van der Waals surface area (Å²) in [6, 6.07) is 3.66. The van der Waals surface area contributed by atoms with Gasteiger partial charge in [0.05, 0.1) is 11.0 Å². The van der Waals surface area contributed by atoms with E-state index in [1.54, 1.807) is 6.20 Å². The number of carbonyl (C=O) groups excluding carboxylic acids is 3. The molecule has 7 nitrogen and oxygen atoms in total. The van der Waals surface area contributed by atoms with E-state index in [1.165, 1.54) is 11.8 Å². The van der Waals surface area contributed by atoms with Crippen molar-refractivity contribution in [2.75, 3.05) is 32.4 Å². The van der Waals surface area contributed by atoms with Crippen LogP contribution in [0.3, 0.4) is 0 Å². The van der Waals surface area contributed by atoms with Gasteiger partial charge in [-0.3, -0.25) is 14.4 Å². The molecular formula is C25H33N3O4S. The first kappa shape index (κ1) is 22.7. The summed E-state index contributed by atoms with van der Waals surface area (Å²) in [7, 11) is 0. The summed E-state index contributed by atoms with van der Waals surface area (Å²) < 4.78 is 5.84. The Balaban J connectivity index is 1.26. The summed E-state index contributed by atoms with van der Waals surface area (Å²) in [4.78, 5) is 47.7. The maximum Gasteiger partial charge on any atom is 0.313 e. The number of esters is 1. The van der Waals surface area contributed by atoms with Crippen molar-refractivity contribution in [3.63, 3.8) is 0 Å².